The fraction of sp³-hybridized carbons (Fsp3) is 0.381. The molecule has 4 rings (SSSR count). The first-order valence-electron chi connectivity index (χ1n) is 9.22. The third-order valence-corrected chi connectivity index (χ3v) is 5.71. The van der Waals surface area contributed by atoms with Gasteiger partial charge in [-0.2, -0.15) is 0 Å². The summed E-state index contributed by atoms with van der Waals surface area (Å²) in [7, 11) is 2.09. The lowest BCUT2D eigenvalue weighted by molar-refractivity contribution is 0.162. The Morgan fingerprint density at radius 3 is 2.65 bits per heavy atom. The van der Waals surface area contributed by atoms with Crippen LogP contribution in [-0.2, 0) is 0 Å². The Kier molecular flexibility index (Phi) is 4.98. The van der Waals surface area contributed by atoms with Gasteiger partial charge in [-0.3, -0.25) is 4.99 Å². The predicted octanol–water partition coefficient (Wildman–Crippen LogP) is 4.25. The molecule has 0 unspecified atom stereocenters. The highest BCUT2D eigenvalue weighted by atomic mass is 35.5. The molecule has 1 fully saturated rings. The molecule has 2 aromatic rings. The minimum atomic E-state index is 0.227. The molecule has 2 heterocycles. The first kappa shape index (κ1) is 17.5. The summed E-state index contributed by atoms with van der Waals surface area (Å²) in [4.78, 5) is 9.65. The minimum absolute atomic E-state index is 0.227. The number of aliphatic hydroxyl groups is 1. The molecule has 0 spiro atoms. The number of rotatable bonds is 3. The molecule has 136 valence electrons. The molecule has 0 saturated carbocycles. The van der Waals surface area contributed by atoms with E-state index in [4.69, 9.17) is 16.6 Å². The third-order valence-electron chi connectivity index (χ3n) is 5.47. The topological polar surface area (TPSA) is 39.1 Å². The quantitative estimate of drug-likeness (QED) is 0.879. The van der Waals surface area contributed by atoms with Gasteiger partial charge in [-0.15, -0.1) is 0 Å². The molecule has 0 aliphatic carbocycles. The number of benzene rings is 2. The molecule has 2 aliphatic rings. The number of hydrogen-bond acceptors (Lipinski definition) is 4. The van der Waals surface area contributed by atoms with Crippen molar-refractivity contribution < 1.29 is 5.11 Å². The Morgan fingerprint density at radius 1 is 1.12 bits per heavy atom. The van der Waals surface area contributed by atoms with Gasteiger partial charge in [0, 0.05) is 30.1 Å². The summed E-state index contributed by atoms with van der Waals surface area (Å²) < 4.78 is 0. The van der Waals surface area contributed by atoms with Gasteiger partial charge in [0.15, 0.2) is 0 Å². The Hall–Kier alpha value is -1.88. The third kappa shape index (κ3) is 3.25. The summed E-state index contributed by atoms with van der Waals surface area (Å²) in [6, 6.07) is 14.4. The number of anilines is 2. The van der Waals surface area contributed by atoms with Crippen molar-refractivity contribution in [1.29, 1.82) is 0 Å². The van der Waals surface area contributed by atoms with Crippen LogP contribution >= 0.6 is 11.6 Å². The van der Waals surface area contributed by atoms with Crippen molar-refractivity contribution in [2.45, 2.75) is 12.8 Å². The summed E-state index contributed by atoms with van der Waals surface area (Å²) in [5.74, 6) is 0.421. The fourth-order valence-electron chi connectivity index (χ4n) is 4.05. The van der Waals surface area contributed by atoms with Gasteiger partial charge in [0.1, 0.15) is 0 Å². The first-order chi connectivity index (χ1) is 12.7. The standard InChI is InChI=1S/C21H24ClN3O/c1-24-19-5-3-2-4-17(19)21(15-8-10-25(11-9-15)12-13-26)23-18-14-16(22)6-7-20(18)24/h2-7,14-15,26H,8-13H2,1H3. The molecular weight excluding hydrogens is 346 g/mol. The Bertz CT molecular complexity index is 828. The number of para-hydroxylation sites is 1. The maximum absolute atomic E-state index is 9.18. The van der Waals surface area contributed by atoms with Crippen molar-refractivity contribution in [2.75, 3.05) is 38.2 Å². The highest BCUT2D eigenvalue weighted by molar-refractivity contribution is 6.31. The lowest BCUT2D eigenvalue weighted by Crippen LogP contribution is -2.38. The predicted molar refractivity (Wildman–Crippen MR) is 108 cm³/mol. The van der Waals surface area contributed by atoms with E-state index in [1.165, 1.54) is 11.3 Å². The van der Waals surface area contributed by atoms with Crippen LogP contribution in [0.1, 0.15) is 18.4 Å². The molecule has 1 N–H and O–H groups in total. The van der Waals surface area contributed by atoms with E-state index in [-0.39, 0.29) is 6.61 Å². The van der Waals surface area contributed by atoms with Gasteiger partial charge >= 0.3 is 0 Å². The Morgan fingerprint density at radius 2 is 1.88 bits per heavy atom. The Balaban J connectivity index is 1.76. The van der Waals surface area contributed by atoms with Crippen LogP contribution < -0.4 is 4.90 Å². The SMILES string of the molecule is CN1c2ccc(Cl)cc2N=C(C2CCN(CCO)CC2)c2ccccc21. The summed E-state index contributed by atoms with van der Waals surface area (Å²) in [6.45, 7) is 3.00. The van der Waals surface area contributed by atoms with E-state index in [2.05, 4.69) is 41.1 Å². The van der Waals surface area contributed by atoms with Gasteiger partial charge in [-0.25, -0.2) is 0 Å². The monoisotopic (exact) mass is 369 g/mol. The molecule has 0 amide bonds. The molecule has 1 saturated heterocycles. The second-order valence-corrected chi connectivity index (χ2v) is 7.48. The van der Waals surface area contributed by atoms with Gasteiger partial charge in [0.2, 0.25) is 0 Å². The molecule has 0 bridgehead atoms. The first-order valence-corrected chi connectivity index (χ1v) is 9.59. The largest absolute Gasteiger partial charge is 0.395 e. The van der Waals surface area contributed by atoms with Gasteiger partial charge in [-0.1, -0.05) is 29.8 Å². The maximum atomic E-state index is 9.18. The normalized spacial score (nSPS) is 18.1. The van der Waals surface area contributed by atoms with Crippen molar-refractivity contribution in [3.63, 3.8) is 0 Å². The summed E-state index contributed by atoms with van der Waals surface area (Å²) in [5, 5.41) is 9.89. The van der Waals surface area contributed by atoms with Gasteiger partial charge in [0.25, 0.3) is 0 Å². The second-order valence-electron chi connectivity index (χ2n) is 7.05. The highest BCUT2D eigenvalue weighted by Crippen LogP contribution is 2.41. The van der Waals surface area contributed by atoms with E-state index in [0.717, 1.165) is 49.6 Å². The number of aliphatic imine (C=N–C) groups is 1. The molecule has 4 nitrogen and oxygen atoms in total. The van der Waals surface area contributed by atoms with Crippen LogP contribution in [0.4, 0.5) is 17.1 Å². The number of halogens is 1. The lowest BCUT2D eigenvalue weighted by Gasteiger charge is -2.32. The molecule has 2 aliphatic heterocycles. The number of β-amino-alcohol motifs (C(OH)–C–C–N with tert-alkyl or cyclic N) is 1. The van der Waals surface area contributed by atoms with Crippen molar-refractivity contribution in [2.24, 2.45) is 10.9 Å². The number of hydrogen-bond donors (Lipinski definition) is 1. The summed E-state index contributed by atoms with van der Waals surface area (Å²) in [6.07, 6.45) is 2.12. The van der Waals surface area contributed by atoms with Crippen LogP contribution in [0.15, 0.2) is 47.5 Å². The van der Waals surface area contributed by atoms with E-state index in [0.29, 0.717) is 10.9 Å². The zero-order valence-corrected chi connectivity index (χ0v) is 15.8. The number of nitrogens with zero attached hydrogens (tertiary/aromatic N) is 3. The van der Waals surface area contributed by atoms with Crippen LogP contribution in [0, 0.1) is 5.92 Å². The number of piperidine rings is 1. The summed E-state index contributed by atoms with van der Waals surface area (Å²) >= 11 is 6.26. The van der Waals surface area contributed by atoms with Crippen molar-refractivity contribution in [1.82, 2.24) is 4.90 Å². The van der Waals surface area contributed by atoms with Gasteiger partial charge < -0.3 is 14.9 Å². The zero-order valence-electron chi connectivity index (χ0n) is 15.0. The van der Waals surface area contributed by atoms with Crippen molar-refractivity contribution in [3.05, 3.63) is 53.1 Å². The van der Waals surface area contributed by atoms with E-state index in [1.54, 1.807) is 0 Å². The van der Waals surface area contributed by atoms with Crippen LogP contribution in [0.25, 0.3) is 0 Å². The molecule has 0 aromatic heterocycles. The van der Waals surface area contributed by atoms with E-state index in [1.807, 2.05) is 18.2 Å². The lowest BCUT2D eigenvalue weighted by atomic mass is 9.87. The Labute approximate surface area is 159 Å². The minimum Gasteiger partial charge on any atom is -0.395 e. The van der Waals surface area contributed by atoms with E-state index >= 15 is 0 Å². The molecule has 2 aromatic carbocycles. The van der Waals surface area contributed by atoms with Crippen molar-refractivity contribution in [3.8, 4) is 0 Å². The number of fused-ring (bicyclic) bond motifs is 2. The van der Waals surface area contributed by atoms with Gasteiger partial charge in [-0.05, 0) is 50.2 Å². The van der Waals surface area contributed by atoms with Crippen LogP contribution in [0.5, 0.6) is 0 Å². The van der Waals surface area contributed by atoms with Crippen LogP contribution in [0.3, 0.4) is 0 Å². The highest BCUT2D eigenvalue weighted by Gasteiger charge is 2.28. The fourth-order valence-corrected chi connectivity index (χ4v) is 4.22. The van der Waals surface area contributed by atoms with E-state index in [9.17, 15) is 5.11 Å². The number of aliphatic hydroxyl groups excluding tert-OH is 1. The molecule has 0 atom stereocenters. The average Bonchev–Trinajstić information content (AvgIpc) is 2.78. The molecule has 5 heteroatoms. The second kappa shape index (κ2) is 7.39. The molecule has 26 heavy (non-hydrogen) atoms. The number of likely N-dealkylation sites (tertiary alicyclic amines) is 1. The summed E-state index contributed by atoms with van der Waals surface area (Å²) in [5.41, 5.74) is 5.57. The maximum Gasteiger partial charge on any atom is 0.0884 e. The van der Waals surface area contributed by atoms with E-state index < -0.39 is 0 Å². The van der Waals surface area contributed by atoms with Crippen LogP contribution in [0.2, 0.25) is 5.02 Å². The molecule has 0 radical (unpaired) electrons. The van der Waals surface area contributed by atoms with Crippen molar-refractivity contribution >= 4 is 34.4 Å². The average molecular weight is 370 g/mol. The smallest absolute Gasteiger partial charge is 0.0884 e. The van der Waals surface area contributed by atoms with Crippen LogP contribution in [-0.4, -0.2) is 49.0 Å². The van der Waals surface area contributed by atoms with Gasteiger partial charge in [0.05, 0.1) is 29.4 Å². The zero-order chi connectivity index (χ0) is 18.1. The molecular formula is C21H24ClN3O.